The normalized spacial score (nSPS) is 23.1. The molecule has 0 bridgehead atoms. The predicted molar refractivity (Wildman–Crippen MR) is 80.2 cm³/mol. The first-order valence-corrected chi connectivity index (χ1v) is 7.35. The van der Waals surface area contributed by atoms with Gasteiger partial charge < -0.3 is 15.4 Å². The van der Waals surface area contributed by atoms with E-state index in [9.17, 15) is 4.79 Å². The number of rotatable bonds is 3. The average Bonchev–Trinajstić information content (AvgIpc) is 2.65. The molecule has 0 aliphatic carbocycles. The number of carbonyl (C=O) groups is 1. The highest BCUT2D eigenvalue weighted by Gasteiger charge is 2.26. The summed E-state index contributed by atoms with van der Waals surface area (Å²) in [5.41, 5.74) is 0.985. The van der Waals surface area contributed by atoms with Gasteiger partial charge >= 0.3 is 0 Å². The van der Waals surface area contributed by atoms with Gasteiger partial charge in [0.25, 0.3) is 0 Å². The second-order valence-electron chi connectivity index (χ2n) is 4.87. The van der Waals surface area contributed by atoms with E-state index in [-0.39, 0.29) is 17.9 Å². The van der Waals surface area contributed by atoms with Crippen molar-refractivity contribution in [3.05, 3.63) is 33.8 Å². The molecule has 1 saturated heterocycles. The predicted octanol–water partition coefficient (Wildman–Crippen LogP) is 2.41. The smallest absolute Gasteiger partial charge is 0.216 e. The summed E-state index contributed by atoms with van der Waals surface area (Å²) in [4.78, 5) is 11.1. The molecule has 1 aliphatic heterocycles. The highest BCUT2D eigenvalue weighted by atomic mass is 35.5. The molecule has 1 fully saturated rings. The maximum Gasteiger partial charge on any atom is 0.216 e. The Labute approximate surface area is 128 Å². The third kappa shape index (κ3) is 4.09. The summed E-state index contributed by atoms with van der Waals surface area (Å²) in [5, 5.41) is 7.21. The molecule has 4 nitrogen and oxygen atoms in total. The molecular formula is C14H18Cl2N2O2. The van der Waals surface area contributed by atoms with E-state index < -0.39 is 0 Å². The van der Waals surface area contributed by atoms with Crippen molar-refractivity contribution in [1.29, 1.82) is 0 Å². The van der Waals surface area contributed by atoms with Gasteiger partial charge in [0.1, 0.15) is 0 Å². The van der Waals surface area contributed by atoms with Crippen LogP contribution in [0, 0.1) is 5.92 Å². The highest BCUT2D eigenvalue weighted by Crippen LogP contribution is 2.31. The van der Waals surface area contributed by atoms with Gasteiger partial charge in [-0.1, -0.05) is 29.3 Å². The summed E-state index contributed by atoms with van der Waals surface area (Å²) in [6.07, 6.45) is -0.105. The standard InChI is InChI=1S/C14H18Cl2N2O2/c1-9(19)18-8-11-7-17-4-5-20-14(11)10-2-3-12(15)13(16)6-10/h2-3,6,11,14,17H,4-5,7-8H2,1H3,(H,18,19)/t11-,14?/m0/s1. The molecule has 1 aliphatic rings. The number of halogens is 2. The lowest BCUT2D eigenvalue weighted by atomic mass is 9.95. The molecule has 2 N–H and O–H groups in total. The minimum atomic E-state index is -0.105. The lowest BCUT2D eigenvalue weighted by Crippen LogP contribution is -2.35. The summed E-state index contributed by atoms with van der Waals surface area (Å²) >= 11 is 12.0. The van der Waals surface area contributed by atoms with Crippen molar-refractivity contribution in [3.8, 4) is 0 Å². The summed E-state index contributed by atoms with van der Waals surface area (Å²) in [7, 11) is 0. The van der Waals surface area contributed by atoms with Crippen molar-refractivity contribution in [3.63, 3.8) is 0 Å². The SMILES string of the molecule is CC(=O)NC[C@@H]1CNCCOC1c1ccc(Cl)c(Cl)c1. The summed E-state index contributed by atoms with van der Waals surface area (Å²) in [5.74, 6) is 0.112. The Morgan fingerprint density at radius 1 is 1.45 bits per heavy atom. The van der Waals surface area contributed by atoms with Crippen LogP contribution in [0.1, 0.15) is 18.6 Å². The maximum atomic E-state index is 11.1. The van der Waals surface area contributed by atoms with Gasteiger partial charge in [0.15, 0.2) is 0 Å². The maximum absolute atomic E-state index is 11.1. The molecule has 2 atom stereocenters. The highest BCUT2D eigenvalue weighted by molar-refractivity contribution is 6.42. The zero-order valence-electron chi connectivity index (χ0n) is 11.3. The fourth-order valence-electron chi connectivity index (χ4n) is 2.30. The van der Waals surface area contributed by atoms with Crippen LogP contribution in [-0.4, -0.2) is 32.1 Å². The van der Waals surface area contributed by atoms with Crippen LogP contribution in [0.5, 0.6) is 0 Å². The van der Waals surface area contributed by atoms with E-state index in [0.717, 1.165) is 18.7 Å². The van der Waals surface area contributed by atoms with Crippen LogP contribution in [-0.2, 0) is 9.53 Å². The van der Waals surface area contributed by atoms with E-state index in [4.69, 9.17) is 27.9 Å². The number of hydrogen-bond donors (Lipinski definition) is 2. The average molecular weight is 317 g/mol. The molecule has 6 heteroatoms. The van der Waals surface area contributed by atoms with E-state index in [0.29, 0.717) is 23.2 Å². The third-order valence-corrected chi connectivity index (χ3v) is 4.04. The van der Waals surface area contributed by atoms with Crippen molar-refractivity contribution in [2.24, 2.45) is 5.92 Å². The number of benzene rings is 1. The summed E-state index contributed by atoms with van der Waals surface area (Å²) in [6, 6.07) is 5.53. The molecule has 1 aromatic carbocycles. The molecule has 0 aromatic heterocycles. The van der Waals surface area contributed by atoms with Gasteiger partial charge in [0.05, 0.1) is 22.8 Å². The van der Waals surface area contributed by atoms with Crippen molar-refractivity contribution < 1.29 is 9.53 Å². The van der Waals surface area contributed by atoms with Crippen LogP contribution < -0.4 is 10.6 Å². The van der Waals surface area contributed by atoms with Crippen LogP contribution in [0.4, 0.5) is 0 Å². The first-order valence-electron chi connectivity index (χ1n) is 6.59. The second-order valence-corrected chi connectivity index (χ2v) is 5.68. The molecular weight excluding hydrogens is 299 g/mol. The summed E-state index contributed by atoms with van der Waals surface area (Å²) in [6.45, 7) is 4.29. The van der Waals surface area contributed by atoms with Crippen LogP contribution in [0.2, 0.25) is 10.0 Å². The number of hydrogen-bond acceptors (Lipinski definition) is 3. The Morgan fingerprint density at radius 3 is 2.95 bits per heavy atom. The van der Waals surface area contributed by atoms with Crippen LogP contribution >= 0.6 is 23.2 Å². The fraction of sp³-hybridized carbons (Fsp3) is 0.500. The summed E-state index contributed by atoms with van der Waals surface area (Å²) < 4.78 is 5.91. The van der Waals surface area contributed by atoms with E-state index in [1.165, 1.54) is 6.92 Å². The fourth-order valence-corrected chi connectivity index (χ4v) is 2.61. The third-order valence-electron chi connectivity index (χ3n) is 3.30. The molecule has 110 valence electrons. The number of carbonyl (C=O) groups excluding carboxylic acids is 1. The molecule has 0 radical (unpaired) electrons. The van der Waals surface area contributed by atoms with Gasteiger partial charge in [-0.2, -0.15) is 0 Å². The molecule has 2 rings (SSSR count). The molecule has 0 saturated carbocycles. The molecule has 0 spiro atoms. The Bertz CT molecular complexity index is 482. The topological polar surface area (TPSA) is 50.4 Å². The van der Waals surface area contributed by atoms with E-state index in [2.05, 4.69) is 10.6 Å². The minimum Gasteiger partial charge on any atom is -0.372 e. The minimum absolute atomic E-state index is 0.0397. The molecule has 1 aromatic rings. The second kappa shape index (κ2) is 7.27. The Balaban J connectivity index is 2.18. The molecule has 1 heterocycles. The largest absolute Gasteiger partial charge is 0.372 e. The Kier molecular flexibility index (Phi) is 5.66. The van der Waals surface area contributed by atoms with E-state index >= 15 is 0 Å². The van der Waals surface area contributed by atoms with Crippen molar-refractivity contribution in [2.45, 2.75) is 13.0 Å². The lowest BCUT2D eigenvalue weighted by molar-refractivity contribution is -0.119. The zero-order chi connectivity index (χ0) is 14.5. The Morgan fingerprint density at radius 2 is 2.25 bits per heavy atom. The Hall–Kier alpha value is -0.810. The van der Waals surface area contributed by atoms with Crippen LogP contribution in [0.3, 0.4) is 0 Å². The van der Waals surface area contributed by atoms with Gasteiger partial charge in [0, 0.05) is 32.5 Å². The molecule has 1 unspecified atom stereocenters. The quantitative estimate of drug-likeness (QED) is 0.900. The van der Waals surface area contributed by atoms with Crippen LogP contribution in [0.15, 0.2) is 18.2 Å². The van der Waals surface area contributed by atoms with E-state index in [1.54, 1.807) is 6.07 Å². The van der Waals surface area contributed by atoms with Gasteiger partial charge in [-0.15, -0.1) is 0 Å². The first-order chi connectivity index (χ1) is 9.58. The van der Waals surface area contributed by atoms with Gasteiger partial charge in [0.2, 0.25) is 5.91 Å². The van der Waals surface area contributed by atoms with E-state index in [1.807, 2.05) is 12.1 Å². The number of amides is 1. The van der Waals surface area contributed by atoms with Crippen molar-refractivity contribution in [2.75, 3.05) is 26.2 Å². The van der Waals surface area contributed by atoms with Gasteiger partial charge in [-0.3, -0.25) is 4.79 Å². The van der Waals surface area contributed by atoms with Crippen LogP contribution in [0.25, 0.3) is 0 Å². The number of ether oxygens (including phenoxy) is 1. The lowest BCUT2D eigenvalue weighted by Gasteiger charge is -2.25. The monoisotopic (exact) mass is 316 g/mol. The first kappa shape index (κ1) is 15.6. The van der Waals surface area contributed by atoms with Gasteiger partial charge in [-0.25, -0.2) is 0 Å². The number of nitrogens with one attached hydrogen (secondary N) is 2. The van der Waals surface area contributed by atoms with Gasteiger partial charge in [-0.05, 0) is 17.7 Å². The molecule has 1 amide bonds. The van der Waals surface area contributed by atoms with Crippen molar-refractivity contribution >= 4 is 29.1 Å². The molecule has 20 heavy (non-hydrogen) atoms. The van der Waals surface area contributed by atoms with Crippen molar-refractivity contribution in [1.82, 2.24) is 10.6 Å². The zero-order valence-corrected chi connectivity index (χ0v) is 12.8.